The van der Waals surface area contributed by atoms with Crippen molar-refractivity contribution in [1.29, 1.82) is 0 Å². The Morgan fingerprint density at radius 3 is 3.06 bits per heavy atom. The maximum absolute atomic E-state index is 4.48. The molecule has 0 bridgehead atoms. The monoisotopic (exact) mass is 281 g/mol. The number of rotatable bonds is 7. The molecule has 2 rings (SSSR count). The summed E-state index contributed by atoms with van der Waals surface area (Å²) in [7, 11) is 2.10. The number of nitrogens with zero attached hydrogens (tertiary/aromatic N) is 2. The largest absolute Gasteiger partial charge is 0.347 e. The maximum atomic E-state index is 4.48. The van der Waals surface area contributed by atoms with Crippen molar-refractivity contribution in [2.24, 2.45) is 0 Å². The lowest BCUT2D eigenvalue weighted by Gasteiger charge is -2.14. The van der Waals surface area contributed by atoms with E-state index in [9.17, 15) is 0 Å². The van der Waals surface area contributed by atoms with Gasteiger partial charge in [-0.2, -0.15) is 11.3 Å². The number of hydrogen-bond donors (Lipinski definition) is 1. The Hall–Kier alpha value is -0.910. The van der Waals surface area contributed by atoms with Crippen LogP contribution in [-0.4, -0.2) is 18.6 Å². The van der Waals surface area contributed by atoms with Crippen LogP contribution in [0, 0.1) is 0 Å². The number of aromatic nitrogens is 1. The van der Waals surface area contributed by atoms with E-state index < -0.39 is 0 Å². The number of thiazole rings is 1. The van der Waals surface area contributed by atoms with Crippen molar-refractivity contribution in [3.05, 3.63) is 33.5 Å². The standard InChI is InChI=1S/C13H19N3S2/c1-3-5-14-7-12-8-15-13(18-12)16(2)9-11-4-6-17-10-11/h4,6,8,10,14H,3,5,7,9H2,1-2H3. The summed E-state index contributed by atoms with van der Waals surface area (Å²) in [5.74, 6) is 0. The van der Waals surface area contributed by atoms with Gasteiger partial charge in [-0.1, -0.05) is 6.92 Å². The molecule has 2 aromatic heterocycles. The zero-order valence-corrected chi connectivity index (χ0v) is 12.5. The van der Waals surface area contributed by atoms with Gasteiger partial charge in [-0.3, -0.25) is 0 Å². The van der Waals surface area contributed by atoms with E-state index in [1.165, 1.54) is 16.9 Å². The highest BCUT2D eigenvalue weighted by molar-refractivity contribution is 7.15. The molecule has 0 aliphatic heterocycles. The zero-order chi connectivity index (χ0) is 12.8. The topological polar surface area (TPSA) is 28.2 Å². The molecule has 5 heteroatoms. The summed E-state index contributed by atoms with van der Waals surface area (Å²) in [6, 6.07) is 2.17. The normalized spacial score (nSPS) is 10.8. The van der Waals surface area contributed by atoms with Gasteiger partial charge in [0.1, 0.15) is 0 Å². The van der Waals surface area contributed by atoms with Crippen LogP contribution in [0.4, 0.5) is 5.13 Å². The summed E-state index contributed by atoms with van der Waals surface area (Å²) in [6.07, 6.45) is 3.15. The summed E-state index contributed by atoms with van der Waals surface area (Å²) in [5, 5.41) is 8.80. The highest BCUT2D eigenvalue weighted by Gasteiger charge is 2.07. The summed E-state index contributed by atoms with van der Waals surface area (Å²) in [6.45, 7) is 5.11. The fraction of sp³-hybridized carbons (Fsp3) is 0.462. The van der Waals surface area contributed by atoms with E-state index in [4.69, 9.17) is 0 Å². The number of thiophene rings is 1. The van der Waals surface area contributed by atoms with Gasteiger partial charge in [-0.25, -0.2) is 4.98 Å². The molecule has 0 atom stereocenters. The van der Waals surface area contributed by atoms with Gasteiger partial charge in [-0.05, 0) is 35.4 Å². The van der Waals surface area contributed by atoms with Gasteiger partial charge in [0.25, 0.3) is 0 Å². The Morgan fingerprint density at radius 2 is 2.33 bits per heavy atom. The number of anilines is 1. The van der Waals surface area contributed by atoms with Crippen LogP contribution in [0.1, 0.15) is 23.8 Å². The Bertz CT molecular complexity index is 451. The Balaban J connectivity index is 1.88. The molecular weight excluding hydrogens is 262 g/mol. The van der Waals surface area contributed by atoms with E-state index in [2.05, 4.69) is 46.0 Å². The van der Waals surface area contributed by atoms with Gasteiger partial charge in [0.15, 0.2) is 5.13 Å². The van der Waals surface area contributed by atoms with Crippen LogP contribution in [0.15, 0.2) is 23.0 Å². The number of nitrogens with one attached hydrogen (secondary N) is 1. The molecule has 0 amide bonds. The average Bonchev–Trinajstić information content (AvgIpc) is 3.00. The predicted molar refractivity (Wildman–Crippen MR) is 80.5 cm³/mol. The molecule has 0 aliphatic rings. The summed E-state index contributed by atoms with van der Waals surface area (Å²) in [4.78, 5) is 7.99. The van der Waals surface area contributed by atoms with Crippen LogP contribution < -0.4 is 10.2 Å². The molecule has 1 N–H and O–H groups in total. The lowest BCUT2D eigenvalue weighted by molar-refractivity contribution is 0.681. The quantitative estimate of drug-likeness (QED) is 0.789. The highest BCUT2D eigenvalue weighted by atomic mass is 32.1. The van der Waals surface area contributed by atoms with Crippen LogP contribution in [0.3, 0.4) is 0 Å². The van der Waals surface area contributed by atoms with Crippen molar-refractivity contribution in [3.8, 4) is 0 Å². The third-order valence-corrected chi connectivity index (χ3v) is 4.44. The predicted octanol–water partition coefficient (Wildman–Crippen LogP) is 3.34. The first-order valence-electron chi connectivity index (χ1n) is 6.17. The van der Waals surface area contributed by atoms with Crippen LogP contribution in [0.5, 0.6) is 0 Å². The molecule has 2 heterocycles. The van der Waals surface area contributed by atoms with Gasteiger partial charge >= 0.3 is 0 Å². The van der Waals surface area contributed by atoms with E-state index in [1.807, 2.05) is 6.20 Å². The number of hydrogen-bond acceptors (Lipinski definition) is 5. The minimum absolute atomic E-state index is 0.928. The minimum atomic E-state index is 0.928. The molecule has 0 saturated heterocycles. The van der Waals surface area contributed by atoms with Gasteiger partial charge in [-0.15, -0.1) is 11.3 Å². The molecule has 0 spiro atoms. The Kier molecular flexibility index (Phi) is 5.16. The molecule has 3 nitrogen and oxygen atoms in total. The van der Waals surface area contributed by atoms with Crippen molar-refractivity contribution < 1.29 is 0 Å². The lowest BCUT2D eigenvalue weighted by Crippen LogP contribution is -2.15. The van der Waals surface area contributed by atoms with Crippen LogP contribution in [0.2, 0.25) is 0 Å². The molecule has 0 unspecified atom stereocenters. The lowest BCUT2D eigenvalue weighted by atomic mass is 10.3. The van der Waals surface area contributed by atoms with Gasteiger partial charge in [0.2, 0.25) is 0 Å². The molecule has 0 radical (unpaired) electrons. The van der Waals surface area contributed by atoms with Crippen molar-refractivity contribution in [2.45, 2.75) is 26.4 Å². The summed E-state index contributed by atoms with van der Waals surface area (Å²) < 4.78 is 0. The maximum Gasteiger partial charge on any atom is 0.185 e. The molecule has 2 aromatic rings. The molecule has 0 saturated carbocycles. The molecule has 0 aromatic carbocycles. The van der Waals surface area contributed by atoms with Crippen molar-refractivity contribution >= 4 is 27.8 Å². The van der Waals surface area contributed by atoms with Crippen LogP contribution in [0.25, 0.3) is 0 Å². The van der Waals surface area contributed by atoms with E-state index >= 15 is 0 Å². The van der Waals surface area contributed by atoms with Gasteiger partial charge in [0.05, 0.1) is 0 Å². The van der Waals surface area contributed by atoms with E-state index in [1.54, 1.807) is 22.7 Å². The molecule has 98 valence electrons. The third kappa shape index (κ3) is 3.80. The second-order valence-corrected chi connectivity index (χ2v) is 6.15. The van der Waals surface area contributed by atoms with Crippen molar-refractivity contribution in [2.75, 3.05) is 18.5 Å². The fourth-order valence-electron chi connectivity index (χ4n) is 1.67. The molecular formula is C13H19N3S2. The second kappa shape index (κ2) is 6.87. The fourth-order valence-corrected chi connectivity index (χ4v) is 3.17. The molecule has 18 heavy (non-hydrogen) atoms. The van der Waals surface area contributed by atoms with Gasteiger partial charge in [0, 0.05) is 31.2 Å². The molecule has 0 aliphatic carbocycles. The SMILES string of the molecule is CCCNCc1cnc(N(C)Cc2ccsc2)s1. The van der Waals surface area contributed by atoms with Crippen molar-refractivity contribution in [1.82, 2.24) is 10.3 Å². The molecule has 0 fully saturated rings. The van der Waals surface area contributed by atoms with E-state index in [0.717, 1.165) is 24.8 Å². The first-order chi connectivity index (χ1) is 8.79. The Labute approximate surface area is 116 Å². The third-order valence-electron chi connectivity index (χ3n) is 2.59. The zero-order valence-electron chi connectivity index (χ0n) is 10.8. The highest BCUT2D eigenvalue weighted by Crippen LogP contribution is 2.23. The van der Waals surface area contributed by atoms with Crippen LogP contribution >= 0.6 is 22.7 Å². The smallest absolute Gasteiger partial charge is 0.185 e. The Morgan fingerprint density at radius 1 is 1.44 bits per heavy atom. The minimum Gasteiger partial charge on any atom is -0.347 e. The van der Waals surface area contributed by atoms with Crippen molar-refractivity contribution in [3.63, 3.8) is 0 Å². The average molecular weight is 281 g/mol. The van der Waals surface area contributed by atoms with E-state index in [0.29, 0.717) is 0 Å². The first kappa shape index (κ1) is 13.5. The second-order valence-electron chi connectivity index (χ2n) is 4.27. The summed E-state index contributed by atoms with van der Waals surface area (Å²) >= 11 is 3.51. The summed E-state index contributed by atoms with van der Waals surface area (Å²) in [5.41, 5.74) is 1.35. The van der Waals surface area contributed by atoms with Gasteiger partial charge < -0.3 is 10.2 Å². The van der Waals surface area contributed by atoms with Crippen LogP contribution in [-0.2, 0) is 13.1 Å². The van der Waals surface area contributed by atoms with E-state index in [-0.39, 0.29) is 0 Å². The first-order valence-corrected chi connectivity index (χ1v) is 7.93.